The van der Waals surface area contributed by atoms with Crippen molar-refractivity contribution in [3.05, 3.63) is 100 Å². The number of pyridine rings is 1. The van der Waals surface area contributed by atoms with Gasteiger partial charge in [-0.1, -0.05) is 35.9 Å². The highest BCUT2D eigenvalue weighted by Crippen LogP contribution is 2.28. The number of hydrogen-bond acceptors (Lipinski definition) is 4. The largest absolute Gasteiger partial charge is 0.338 e. The number of rotatable bonds is 5. The number of nitrogens with zero attached hydrogens (tertiary/aromatic N) is 3. The fourth-order valence-corrected chi connectivity index (χ4v) is 3.30. The topological polar surface area (TPSA) is 75.8 Å². The molecule has 3 aromatic carbocycles. The SMILES string of the molecule is Cc1ccc(N=Nc2cc(C)ccc2NC(=O)Cn2ccc(=O)c3ccccc32)cc1. The van der Waals surface area contributed by atoms with E-state index in [1.54, 1.807) is 16.8 Å². The van der Waals surface area contributed by atoms with Crippen molar-refractivity contribution in [2.75, 3.05) is 5.32 Å². The molecule has 0 saturated carbocycles. The Hall–Kier alpha value is -4.06. The highest BCUT2D eigenvalue weighted by Gasteiger charge is 2.10. The van der Waals surface area contributed by atoms with Crippen LogP contribution in [0, 0.1) is 13.8 Å². The second kappa shape index (κ2) is 8.75. The first-order valence-electron chi connectivity index (χ1n) is 9.97. The van der Waals surface area contributed by atoms with Gasteiger partial charge >= 0.3 is 0 Å². The molecule has 0 fully saturated rings. The summed E-state index contributed by atoms with van der Waals surface area (Å²) in [5.41, 5.74) is 4.72. The number of carbonyl (C=O) groups is 1. The zero-order valence-electron chi connectivity index (χ0n) is 17.4. The second-order valence-electron chi connectivity index (χ2n) is 7.43. The predicted molar refractivity (Wildman–Crippen MR) is 123 cm³/mol. The molecule has 6 heteroatoms. The van der Waals surface area contributed by atoms with Crippen molar-refractivity contribution in [3.63, 3.8) is 0 Å². The standard InChI is InChI=1S/C25H22N4O2/c1-17-7-10-19(11-8-17)27-28-22-15-18(2)9-12-21(22)26-25(31)16-29-14-13-24(30)20-5-3-4-6-23(20)29/h3-15H,16H2,1-2H3,(H,26,31). The normalized spacial score (nSPS) is 11.2. The fourth-order valence-electron chi connectivity index (χ4n) is 3.30. The summed E-state index contributed by atoms with van der Waals surface area (Å²) in [5.74, 6) is -0.218. The number of para-hydroxylation sites is 1. The van der Waals surface area contributed by atoms with Crippen LogP contribution < -0.4 is 10.7 Å². The molecule has 1 N–H and O–H groups in total. The molecule has 0 aliphatic rings. The number of fused-ring (bicyclic) bond motifs is 1. The van der Waals surface area contributed by atoms with Gasteiger partial charge in [-0.25, -0.2) is 0 Å². The molecule has 0 bridgehead atoms. The minimum absolute atomic E-state index is 0.0652. The molecule has 154 valence electrons. The second-order valence-corrected chi connectivity index (χ2v) is 7.43. The van der Waals surface area contributed by atoms with Crippen LogP contribution in [-0.4, -0.2) is 10.5 Å². The lowest BCUT2D eigenvalue weighted by Gasteiger charge is -2.12. The number of aromatic nitrogens is 1. The average Bonchev–Trinajstić information content (AvgIpc) is 2.77. The molecule has 0 saturated heterocycles. The van der Waals surface area contributed by atoms with Crippen LogP contribution in [0.5, 0.6) is 0 Å². The van der Waals surface area contributed by atoms with Gasteiger partial charge in [0.2, 0.25) is 5.91 Å². The van der Waals surface area contributed by atoms with Gasteiger partial charge in [0.1, 0.15) is 12.2 Å². The van der Waals surface area contributed by atoms with E-state index in [0.717, 1.165) is 16.8 Å². The van der Waals surface area contributed by atoms with E-state index in [0.29, 0.717) is 22.3 Å². The molecule has 0 radical (unpaired) electrons. The number of carbonyl (C=O) groups excluding carboxylic acids is 1. The van der Waals surface area contributed by atoms with E-state index in [9.17, 15) is 9.59 Å². The van der Waals surface area contributed by atoms with Gasteiger partial charge in [0.05, 0.1) is 16.9 Å². The lowest BCUT2D eigenvalue weighted by Crippen LogP contribution is -2.20. The maximum Gasteiger partial charge on any atom is 0.244 e. The summed E-state index contributed by atoms with van der Waals surface area (Å²) in [7, 11) is 0. The fraction of sp³-hybridized carbons (Fsp3) is 0.120. The third-order valence-corrected chi connectivity index (χ3v) is 4.93. The summed E-state index contributed by atoms with van der Waals surface area (Å²) in [5, 5.41) is 12.1. The van der Waals surface area contributed by atoms with Gasteiger partial charge in [0, 0.05) is 17.6 Å². The minimum atomic E-state index is -0.218. The first kappa shape index (κ1) is 20.2. The summed E-state index contributed by atoms with van der Waals surface area (Å²) in [6.07, 6.45) is 1.64. The Morgan fingerprint density at radius 1 is 0.903 bits per heavy atom. The van der Waals surface area contributed by atoms with E-state index in [1.165, 1.54) is 6.07 Å². The summed E-state index contributed by atoms with van der Waals surface area (Å²) in [6, 6.07) is 22.1. The van der Waals surface area contributed by atoms with E-state index in [2.05, 4.69) is 15.5 Å². The Bertz CT molecular complexity index is 1340. The Morgan fingerprint density at radius 2 is 1.65 bits per heavy atom. The van der Waals surface area contributed by atoms with E-state index < -0.39 is 0 Å². The summed E-state index contributed by atoms with van der Waals surface area (Å²) in [4.78, 5) is 24.8. The highest BCUT2D eigenvalue weighted by molar-refractivity contribution is 5.94. The van der Waals surface area contributed by atoms with Gasteiger partial charge in [-0.3, -0.25) is 9.59 Å². The third kappa shape index (κ3) is 4.75. The molecule has 0 spiro atoms. The molecule has 0 atom stereocenters. The van der Waals surface area contributed by atoms with Gasteiger partial charge in [-0.2, -0.15) is 5.11 Å². The van der Waals surface area contributed by atoms with Crippen molar-refractivity contribution in [2.45, 2.75) is 20.4 Å². The zero-order chi connectivity index (χ0) is 21.8. The van der Waals surface area contributed by atoms with Crippen molar-refractivity contribution in [3.8, 4) is 0 Å². The summed E-state index contributed by atoms with van der Waals surface area (Å²) < 4.78 is 1.76. The highest BCUT2D eigenvalue weighted by atomic mass is 16.2. The monoisotopic (exact) mass is 410 g/mol. The number of azo groups is 1. The lowest BCUT2D eigenvalue weighted by atomic mass is 10.2. The molecule has 0 unspecified atom stereocenters. The lowest BCUT2D eigenvalue weighted by molar-refractivity contribution is -0.116. The number of benzene rings is 3. The first-order valence-corrected chi connectivity index (χ1v) is 9.97. The summed E-state index contributed by atoms with van der Waals surface area (Å²) in [6.45, 7) is 4.05. The Kier molecular flexibility index (Phi) is 5.71. The van der Waals surface area contributed by atoms with Crippen molar-refractivity contribution in [1.29, 1.82) is 0 Å². The van der Waals surface area contributed by atoms with Crippen molar-refractivity contribution in [1.82, 2.24) is 4.57 Å². The molecule has 4 aromatic rings. The predicted octanol–water partition coefficient (Wildman–Crippen LogP) is 5.67. The van der Waals surface area contributed by atoms with Crippen LogP contribution in [0.25, 0.3) is 10.9 Å². The van der Waals surface area contributed by atoms with Crippen molar-refractivity contribution >= 4 is 33.9 Å². The molecule has 31 heavy (non-hydrogen) atoms. The maximum absolute atomic E-state index is 12.8. The zero-order valence-corrected chi connectivity index (χ0v) is 17.4. The van der Waals surface area contributed by atoms with Crippen LogP contribution in [0.2, 0.25) is 0 Å². The van der Waals surface area contributed by atoms with Crippen LogP contribution >= 0.6 is 0 Å². The Morgan fingerprint density at radius 3 is 2.45 bits per heavy atom. The number of anilines is 1. The average molecular weight is 410 g/mol. The van der Waals surface area contributed by atoms with Gasteiger partial charge in [0.15, 0.2) is 5.43 Å². The Labute approximate surface area is 179 Å². The first-order chi connectivity index (χ1) is 15.0. The molecule has 0 aliphatic heterocycles. The number of amides is 1. The van der Waals surface area contributed by atoms with Crippen LogP contribution in [0.1, 0.15) is 11.1 Å². The van der Waals surface area contributed by atoms with Crippen LogP contribution in [0.15, 0.2) is 94.0 Å². The van der Waals surface area contributed by atoms with Crippen LogP contribution in [0.3, 0.4) is 0 Å². The van der Waals surface area contributed by atoms with Gasteiger partial charge in [0.25, 0.3) is 0 Å². The molecule has 1 heterocycles. The molecule has 4 rings (SSSR count). The van der Waals surface area contributed by atoms with Crippen molar-refractivity contribution in [2.24, 2.45) is 10.2 Å². The molecule has 0 aliphatic carbocycles. The minimum Gasteiger partial charge on any atom is -0.338 e. The quantitative estimate of drug-likeness (QED) is 0.430. The van der Waals surface area contributed by atoms with Gasteiger partial charge in [-0.05, 0) is 55.8 Å². The molecule has 6 nitrogen and oxygen atoms in total. The number of aryl methyl sites for hydroxylation is 2. The van der Waals surface area contributed by atoms with Crippen LogP contribution in [0.4, 0.5) is 17.1 Å². The van der Waals surface area contributed by atoms with E-state index in [-0.39, 0.29) is 17.9 Å². The molecule has 1 amide bonds. The van der Waals surface area contributed by atoms with Gasteiger partial charge < -0.3 is 9.88 Å². The van der Waals surface area contributed by atoms with E-state index >= 15 is 0 Å². The van der Waals surface area contributed by atoms with E-state index in [1.807, 2.05) is 74.5 Å². The number of hydrogen-bond donors (Lipinski definition) is 1. The molecular formula is C25H22N4O2. The third-order valence-electron chi connectivity index (χ3n) is 4.93. The molecular weight excluding hydrogens is 388 g/mol. The number of nitrogens with one attached hydrogen (secondary N) is 1. The maximum atomic E-state index is 12.8. The van der Waals surface area contributed by atoms with Crippen molar-refractivity contribution < 1.29 is 4.79 Å². The molecule has 1 aromatic heterocycles. The van der Waals surface area contributed by atoms with Crippen LogP contribution in [-0.2, 0) is 11.3 Å². The van der Waals surface area contributed by atoms with E-state index in [4.69, 9.17) is 0 Å². The smallest absolute Gasteiger partial charge is 0.244 e. The van der Waals surface area contributed by atoms with Gasteiger partial charge in [-0.15, -0.1) is 5.11 Å². The Balaban J connectivity index is 1.57. The summed E-state index contributed by atoms with van der Waals surface area (Å²) >= 11 is 0.